The Labute approximate surface area is 204 Å². The lowest BCUT2D eigenvalue weighted by molar-refractivity contribution is 0.0184. The largest absolute Gasteiger partial charge is 0.397 e. The Bertz CT molecular complexity index is 1250. The van der Waals surface area contributed by atoms with Crippen LogP contribution < -0.4 is 16.0 Å². The van der Waals surface area contributed by atoms with Gasteiger partial charge in [-0.2, -0.15) is 0 Å². The number of amides is 1. The Morgan fingerprint density at radius 3 is 2.82 bits per heavy atom. The Kier molecular flexibility index (Phi) is 5.76. The van der Waals surface area contributed by atoms with Gasteiger partial charge in [-0.05, 0) is 62.8 Å². The van der Waals surface area contributed by atoms with E-state index in [0.29, 0.717) is 23.0 Å². The maximum absolute atomic E-state index is 13.0. The van der Waals surface area contributed by atoms with Crippen molar-refractivity contribution < 1.29 is 9.90 Å². The number of thiophene rings is 1. The number of anilines is 2. The first-order chi connectivity index (χ1) is 16.1. The number of fused-ring (bicyclic) bond motifs is 2. The molecule has 0 spiro atoms. The van der Waals surface area contributed by atoms with Crippen molar-refractivity contribution in [2.75, 3.05) is 23.7 Å². The van der Waals surface area contributed by atoms with Crippen LogP contribution in [-0.2, 0) is 12.8 Å². The highest BCUT2D eigenvalue weighted by atomic mass is 32.1. The molecular weight excluding hydrogens is 446 g/mol. The summed E-state index contributed by atoms with van der Waals surface area (Å²) < 4.78 is 0. The first-order valence-electron chi connectivity index (χ1n) is 12.0. The zero-order chi connectivity index (χ0) is 24.2. The summed E-state index contributed by atoms with van der Waals surface area (Å²) in [6, 6.07) is 8.08. The minimum Gasteiger partial charge on any atom is -0.397 e. The lowest BCUT2D eigenvalue weighted by atomic mass is 9.84. The smallest absolute Gasteiger partial charge is 0.263 e. The number of hydrogen-bond acceptors (Lipinski definition) is 7. The van der Waals surface area contributed by atoms with Gasteiger partial charge >= 0.3 is 0 Å². The fourth-order valence-corrected chi connectivity index (χ4v) is 6.56. The Morgan fingerprint density at radius 2 is 2.09 bits per heavy atom. The third-order valence-corrected chi connectivity index (χ3v) is 8.49. The zero-order valence-electron chi connectivity index (χ0n) is 20.3. The monoisotopic (exact) mass is 479 g/mol. The predicted octanol–water partition coefficient (Wildman–Crippen LogP) is 3.71. The van der Waals surface area contributed by atoms with Crippen molar-refractivity contribution in [3.05, 3.63) is 46.1 Å². The number of nitrogen functional groups attached to an aromatic ring is 1. The van der Waals surface area contributed by atoms with Crippen molar-refractivity contribution in [1.29, 1.82) is 0 Å². The van der Waals surface area contributed by atoms with Crippen molar-refractivity contribution in [1.82, 2.24) is 15.3 Å². The second kappa shape index (κ2) is 8.50. The van der Waals surface area contributed by atoms with E-state index in [4.69, 9.17) is 10.7 Å². The average molecular weight is 480 g/mol. The third-order valence-electron chi connectivity index (χ3n) is 7.38. The lowest BCUT2D eigenvalue weighted by Gasteiger charge is -2.27. The van der Waals surface area contributed by atoms with Gasteiger partial charge in [0, 0.05) is 41.8 Å². The van der Waals surface area contributed by atoms with E-state index in [1.807, 2.05) is 26.0 Å². The maximum Gasteiger partial charge on any atom is 0.263 e. The minimum atomic E-state index is -0.705. The van der Waals surface area contributed by atoms with E-state index in [1.54, 1.807) is 0 Å². The van der Waals surface area contributed by atoms with Gasteiger partial charge in [0.1, 0.15) is 15.5 Å². The molecule has 3 aromatic rings. The van der Waals surface area contributed by atoms with Crippen LogP contribution in [0.1, 0.15) is 53.8 Å². The second-order valence-corrected chi connectivity index (χ2v) is 11.4. The van der Waals surface area contributed by atoms with E-state index < -0.39 is 5.60 Å². The summed E-state index contributed by atoms with van der Waals surface area (Å²) in [5.41, 5.74) is 9.26. The molecule has 1 fully saturated rings. The molecule has 0 unspecified atom stereocenters. The van der Waals surface area contributed by atoms with E-state index in [0.717, 1.165) is 53.2 Å². The van der Waals surface area contributed by atoms with Crippen LogP contribution in [-0.4, -0.2) is 45.7 Å². The first-order valence-corrected chi connectivity index (χ1v) is 12.9. The fraction of sp³-hybridized carbons (Fsp3) is 0.500. The van der Waals surface area contributed by atoms with Crippen LogP contribution in [0.2, 0.25) is 0 Å². The fourth-order valence-electron chi connectivity index (χ4n) is 5.51. The van der Waals surface area contributed by atoms with Gasteiger partial charge in [-0.3, -0.25) is 4.79 Å². The SMILES string of the molecule is Cc1ccc2c(N)c(C(=O)N[C@H]3CCc4nc(N5C[C@H](C(C)C)[C@](C)(O)C5)ccc4C3)sc2n1. The predicted molar refractivity (Wildman–Crippen MR) is 137 cm³/mol. The molecular formula is C26H33N5O2S. The van der Waals surface area contributed by atoms with E-state index in [1.165, 1.54) is 16.9 Å². The number of nitrogens with one attached hydrogen (secondary N) is 1. The molecule has 8 heteroatoms. The number of aryl methyl sites for hydroxylation is 2. The maximum atomic E-state index is 13.0. The van der Waals surface area contributed by atoms with Gasteiger partial charge in [0.15, 0.2) is 0 Å². The standard InChI is InChI=1S/C26H33N5O2S/c1-14(2)19-12-31(13-26(19,4)33)21-10-6-16-11-17(7-9-20(16)30-21)29-24(32)23-22(27)18-8-5-15(3)28-25(18)34-23/h5-6,8,10,14,17,19,33H,7,9,11-13,27H2,1-4H3,(H,29,32)/t17-,19+,26+/m0/s1. The molecule has 1 amide bonds. The normalized spacial score (nSPS) is 24.6. The summed E-state index contributed by atoms with van der Waals surface area (Å²) in [4.78, 5) is 26.0. The molecule has 1 aliphatic carbocycles. The number of rotatable bonds is 4. The summed E-state index contributed by atoms with van der Waals surface area (Å²) in [6.45, 7) is 9.63. The molecule has 3 aromatic heterocycles. The quantitative estimate of drug-likeness (QED) is 0.527. The number of nitrogens with zero attached hydrogens (tertiary/aromatic N) is 3. The molecule has 4 N–H and O–H groups in total. The number of β-amino-alcohol motifs (C(OH)–C–C–N with tert-alkyl or cyclic N) is 1. The van der Waals surface area contributed by atoms with Crippen molar-refractivity contribution in [3.8, 4) is 0 Å². The number of aromatic nitrogens is 2. The molecule has 1 saturated heterocycles. The van der Waals surface area contributed by atoms with Crippen LogP contribution in [0.5, 0.6) is 0 Å². The highest BCUT2D eigenvalue weighted by Gasteiger charge is 2.43. The number of hydrogen-bond donors (Lipinski definition) is 3. The van der Waals surface area contributed by atoms with Crippen LogP contribution in [0.25, 0.3) is 10.2 Å². The van der Waals surface area contributed by atoms with Crippen molar-refractivity contribution in [2.24, 2.45) is 11.8 Å². The van der Waals surface area contributed by atoms with Gasteiger partial charge in [-0.25, -0.2) is 9.97 Å². The van der Waals surface area contributed by atoms with E-state index in [-0.39, 0.29) is 17.9 Å². The summed E-state index contributed by atoms with van der Waals surface area (Å²) in [5, 5.41) is 14.9. The molecule has 0 radical (unpaired) electrons. The number of pyridine rings is 2. The Hall–Kier alpha value is -2.71. The molecule has 5 rings (SSSR count). The van der Waals surface area contributed by atoms with Gasteiger partial charge in [-0.1, -0.05) is 19.9 Å². The van der Waals surface area contributed by atoms with Crippen LogP contribution in [0.15, 0.2) is 24.3 Å². The number of carbonyl (C=O) groups is 1. The highest BCUT2D eigenvalue weighted by molar-refractivity contribution is 7.21. The average Bonchev–Trinajstić information content (AvgIpc) is 3.29. The Morgan fingerprint density at radius 1 is 1.29 bits per heavy atom. The molecule has 3 atom stereocenters. The second-order valence-electron chi connectivity index (χ2n) is 10.4. The van der Waals surface area contributed by atoms with E-state index in [2.05, 4.69) is 41.2 Å². The van der Waals surface area contributed by atoms with E-state index >= 15 is 0 Å². The molecule has 7 nitrogen and oxygen atoms in total. The van der Waals surface area contributed by atoms with Crippen molar-refractivity contribution in [2.45, 2.75) is 58.6 Å². The van der Waals surface area contributed by atoms with Gasteiger partial charge in [0.05, 0.1) is 11.3 Å². The molecule has 0 aromatic carbocycles. The summed E-state index contributed by atoms with van der Waals surface area (Å²) >= 11 is 1.35. The summed E-state index contributed by atoms with van der Waals surface area (Å²) in [7, 11) is 0. The number of aliphatic hydroxyl groups is 1. The number of carbonyl (C=O) groups excluding carboxylic acids is 1. The number of nitrogens with two attached hydrogens (primary N) is 1. The Balaban J connectivity index is 1.28. The molecule has 2 aliphatic rings. The van der Waals surface area contributed by atoms with Crippen molar-refractivity contribution in [3.63, 3.8) is 0 Å². The lowest BCUT2D eigenvalue weighted by Crippen LogP contribution is -2.39. The zero-order valence-corrected chi connectivity index (χ0v) is 21.1. The highest BCUT2D eigenvalue weighted by Crippen LogP contribution is 2.36. The van der Waals surface area contributed by atoms with E-state index in [9.17, 15) is 9.90 Å². The van der Waals surface area contributed by atoms with Gasteiger partial charge in [-0.15, -0.1) is 11.3 Å². The van der Waals surface area contributed by atoms with Gasteiger partial charge < -0.3 is 21.1 Å². The summed E-state index contributed by atoms with van der Waals surface area (Å²) in [6.07, 6.45) is 2.40. The summed E-state index contributed by atoms with van der Waals surface area (Å²) in [5.74, 6) is 1.45. The molecule has 1 aliphatic heterocycles. The topological polar surface area (TPSA) is 104 Å². The molecule has 0 bridgehead atoms. The van der Waals surface area contributed by atoms with Gasteiger partial charge in [0.2, 0.25) is 0 Å². The molecule has 4 heterocycles. The van der Waals surface area contributed by atoms with Crippen LogP contribution in [0.3, 0.4) is 0 Å². The minimum absolute atomic E-state index is 0.0461. The van der Waals surface area contributed by atoms with Crippen LogP contribution in [0.4, 0.5) is 11.5 Å². The van der Waals surface area contributed by atoms with Crippen LogP contribution in [0, 0.1) is 18.8 Å². The molecule has 0 saturated carbocycles. The third kappa shape index (κ3) is 4.14. The first kappa shape index (κ1) is 23.1. The molecule has 180 valence electrons. The van der Waals surface area contributed by atoms with Crippen LogP contribution >= 0.6 is 11.3 Å². The van der Waals surface area contributed by atoms with Crippen molar-refractivity contribution >= 4 is 39.0 Å². The van der Waals surface area contributed by atoms with Gasteiger partial charge in [0.25, 0.3) is 5.91 Å². The molecule has 34 heavy (non-hydrogen) atoms.